The van der Waals surface area contributed by atoms with Crippen molar-refractivity contribution in [2.75, 3.05) is 6.61 Å². The van der Waals surface area contributed by atoms with Crippen LogP contribution in [0.3, 0.4) is 0 Å². The van der Waals surface area contributed by atoms with E-state index in [2.05, 4.69) is 13.8 Å². The first-order valence-electron chi connectivity index (χ1n) is 4.23. The molecule has 68 valence electrons. The molecule has 0 rings (SSSR count). The van der Waals surface area contributed by atoms with Gasteiger partial charge in [0.15, 0.2) is 0 Å². The number of aliphatic hydroxyl groups is 1. The minimum Gasteiger partial charge on any atom is -0.388 e. The SMILES string of the molecule is CCOC(C(C)C)C(C)(C)O. The Bertz CT molecular complexity index is 103. The Hall–Kier alpha value is -0.0800. The van der Waals surface area contributed by atoms with Gasteiger partial charge in [0.25, 0.3) is 0 Å². The second-order valence-electron chi connectivity index (χ2n) is 3.77. The molecule has 1 N–H and O–H groups in total. The average molecular weight is 160 g/mol. The predicted molar refractivity (Wildman–Crippen MR) is 46.5 cm³/mol. The van der Waals surface area contributed by atoms with Crippen molar-refractivity contribution in [1.29, 1.82) is 0 Å². The molecule has 0 fully saturated rings. The van der Waals surface area contributed by atoms with Crippen molar-refractivity contribution in [3.63, 3.8) is 0 Å². The van der Waals surface area contributed by atoms with Gasteiger partial charge >= 0.3 is 0 Å². The van der Waals surface area contributed by atoms with Gasteiger partial charge in [0, 0.05) is 6.61 Å². The van der Waals surface area contributed by atoms with E-state index in [1.54, 1.807) is 13.8 Å². The van der Waals surface area contributed by atoms with E-state index in [1.807, 2.05) is 6.92 Å². The zero-order valence-corrected chi connectivity index (χ0v) is 8.22. The topological polar surface area (TPSA) is 29.5 Å². The summed E-state index contributed by atoms with van der Waals surface area (Å²) >= 11 is 0. The van der Waals surface area contributed by atoms with Gasteiger partial charge < -0.3 is 9.84 Å². The highest BCUT2D eigenvalue weighted by atomic mass is 16.5. The van der Waals surface area contributed by atoms with Crippen LogP contribution < -0.4 is 0 Å². The summed E-state index contributed by atoms with van der Waals surface area (Å²) < 4.78 is 5.42. The Morgan fingerprint density at radius 3 is 1.91 bits per heavy atom. The third kappa shape index (κ3) is 3.73. The fourth-order valence-corrected chi connectivity index (χ4v) is 1.39. The summed E-state index contributed by atoms with van der Waals surface area (Å²) in [4.78, 5) is 0. The van der Waals surface area contributed by atoms with Crippen molar-refractivity contribution in [1.82, 2.24) is 0 Å². The van der Waals surface area contributed by atoms with Gasteiger partial charge in [-0.3, -0.25) is 0 Å². The first kappa shape index (κ1) is 10.9. The van der Waals surface area contributed by atoms with E-state index < -0.39 is 5.60 Å². The predicted octanol–water partition coefficient (Wildman–Crippen LogP) is 1.82. The normalized spacial score (nSPS) is 15.5. The van der Waals surface area contributed by atoms with Gasteiger partial charge in [0.2, 0.25) is 0 Å². The molecule has 2 heteroatoms. The molecule has 0 radical (unpaired) electrons. The number of ether oxygens (including phenoxy) is 1. The monoisotopic (exact) mass is 160 g/mol. The molecule has 0 aromatic carbocycles. The van der Waals surface area contributed by atoms with Crippen molar-refractivity contribution in [3.8, 4) is 0 Å². The summed E-state index contributed by atoms with van der Waals surface area (Å²) in [6.07, 6.45) is -0.0625. The van der Waals surface area contributed by atoms with E-state index in [0.29, 0.717) is 12.5 Å². The van der Waals surface area contributed by atoms with Crippen LogP contribution >= 0.6 is 0 Å². The lowest BCUT2D eigenvalue weighted by atomic mass is 9.92. The van der Waals surface area contributed by atoms with Crippen molar-refractivity contribution in [3.05, 3.63) is 0 Å². The largest absolute Gasteiger partial charge is 0.388 e. The van der Waals surface area contributed by atoms with Crippen LogP contribution in [0.5, 0.6) is 0 Å². The fraction of sp³-hybridized carbons (Fsp3) is 1.00. The molecule has 0 bridgehead atoms. The molecule has 0 spiro atoms. The summed E-state index contributed by atoms with van der Waals surface area (Å²) in [6.45, 7) is 10.3. The van der Waals surface area contributed by atoms with E-state index >= 15 is 0 Å². The van der Waals surface area contributed by atoms with Gasteiger partial charge in [0.1, 0.15) is 0 Å². The molecular formula is C9H20O2. The van der Waals surface area contributed by atoms with Crippen LogP contribution in [0.25, 0.3) is 0 Å². The van der Waals surface area contributed by atoms with Crippen LogP contribution in [0.1, 0.15) is 34.6 Å². The smallest absolute Gasteiger partial charge is 0.0879 e. The van der Waals surface area contributed by atoms with Crippen LogP contribution in [-0.2, 0) is 4.74 Å². The van der Waals surface area contributed by atoms with Crippen LogP contribution in [0.15, 0.2) is 0 Å². The molecule has 1 atom stereocenters. The molecule has 0 heterocycles. The van der Waals surface area contributed by atoms with Gasteiger partial charge in [-0.25, -0.2) is 0 Å². The highest BCUT2D eigenvalue weighted by Crippen LogP contribution is 2.19. The molecule has 0 saturated heterocycles. The Balaban J connectivity index is 4.10. The summed E-state index contributed by atoms with van der Waals surface area (Å²) in [5, 5.41) is 9.65. The van der Waals surface area contributed by atoms with Gasteiger partial charge in [0.05, 0.1) is 11.7 Å². The highest BCUT2D eigenvalue weighted by Gasteiger charge is 2.29. The molecule has 11 heavy (non-hydrogen) atoms. The zero-order chi connectivity index (χ0) is 9.07. The first-order valence-corrected chi connectivity index (χ1v) is 4.23. The highest BCUT2D eigenvalue weighted by molar-refractivity contribution is 4.80. The summed E-state index contributed by atoms with van der Waals surface area (Å²) in [6, 6.07) is 0. The zero-order valence-electron chi connectivity index (χ0n) is 8.22. The van der Waals surface area contributed by atoms with Crippen molar-refractivity contribution in [2.45, 2.75) is 46.3 Å². The molecule has 0 aromatic heterocycles. The maximum absolute atomic E-state index is 9.65. The molecule has 1 unspecified atom stereocenters. The molecule has 2 nitrogen and oxygen atoms in total. The third-order valence-corrected chi connectivity index (χ3v) is 1.65. The van der Waals surface area contributed by atoms with E-state index in [-0.39, 0.29) is 6.10 Å². The standard InChI is InChI=1S/C9H20O2/c1-6-11-8(7(2)3)9(4,5)10/h7-8,10H,6H2,1-5H3. The fourth-order valence-electron chi connectivity index (χ4n) is 1.39. The van der Waals surface area contributed by atoms with Crippen LogP contribution in [0, 0.1) is 5.92 Å². The van der Waals surface area contributed by atoms with E-state index in [0.717, 1.165) is 0 Å². The lowest BCUT2D eigenvalue weighted by Crippen LogP contribution is -2.41. The van der Waals surface area contributed by atoms with Crippen LogP contribution in [0.2, 0.25) is 0 Å². The lowest BCUT2D eigenvalue weighted by molar-refractivity contribution is -0.105. The second kappa shape index (κ2) is 4.07. The Kier molecular flexibility index (Phi) is 4.04. The van der Waals surface area contributed by atoms with Crippen molar-refractivity contribution < 1.29 is 9.84 Å². The Morgan fingerprint density at radius 2 is 1.82 bits per heavy atom. The summed E-state index contributed by atoms with van der Waals surface area (Å²) in [5.41, 5.74) is -0.732. The lowest BCUT2D eigenvalue weighted by Gasteiger charge is -2.32. The maximum Gasteiger partial charge on any atom is 0.0879 e. The average Bonchev–Trinajstić information content (AvgIpc) is 1.79. The van der Waals surface area contributed by atoms with Crippen molar-refractivity contribution in [2.24, 2.45) is 5.92 Å². The van der Waals surface area contributed by atoms with E-state index in [9.17, 15) is 5.11 Å². The molecule has 0 saturated carbocycles. The van der Waals surface area contributed by atoms with Gasteiger partial charge in [-0.1, -0.05) is 13.8 Å². The number of hydrogen-bond donors (Lipinski definition) is 1. The second-order valence-corrected chi connectivity index (χ2v) is 3.77. The maximum atomic E-state index is 9.65. The Labute approximate surface area is 69.6 Å². The number of hydrogen-bond acceptors (Lipinski definition) is 2. The molecule has 0 aromatic rings. The van der Waals surface area contributed by atoms with Gasteiger partial charge in [-0.15, -0.1) is 0 Å². The van der Waals surface area contributed by atoms with E-state index in [1.165, 1.54) is 0 Å². The number of rotatable bonds is 4. The molecule has 0 aliphatic rings. The molecule has 0 amide bonds. The summed E-state index contributed by atoms with van der Waals surface area (Å²) in [7, 11) is 0. The van der Waals surface area contributed by atoms with Crippen LogP contribution in [0.4, 0.5) is 0 Å². The molecular weight excluding hydrogens is 140 g/mol. The quantitative estimate of drug-likeness (QED) is 0.679. The minimum absolute atomic E-state index is 0.0625. The summed E-state index contributed by atoms with van der Waals surface area (Å²) in [5.74, 6) is 0.356. The molecule has 0 aliphatic heterocycles. The van der Waals surface area contributed by atoms with Crippen LogP contribution in [-0.4, -0.2) is 23.4 Å². The van der Waals surface area contributed by atoms with E-state index in [4.69, 9.17) is 4.74 Å². The van der Waals surface area contributed by atoms with Crippen molar-refractivity contribution >= 4 is 0 Å². The minimum atomic E-state index is -0.732. The first-order chi connectivity index (χ1) is 4.89. The third-order valence-electron chi connectivity index (χ3n) is 1.65. The Morgan fingerprint density at radius 1 is 1.36 bits per heavy atom. The van der Waals surface area contributed by atoms with Gasteiger partial charge in [-0.05, 0) is 26.7 Å². The molecule has 0 aliphatic carbocycles. The van der Waals surface area contributed by atoms with Gasteiger partial charge in [-0.2, -0.15) is 0 Å².